The van der Waals surface area contributed by atoms with Gasteiger partial charge in [0.2, 0.25) is 0 Å². The molecule has 2 saturated heterocycles. The molecule has 0 aromatic rings. The van der Waals surface area contributed by atoms with E-state index in [1.54, 1.807) is 0 Å². The zero-order valence-electron chi connectivity index (χ0n) is 12.6. The molecule has 3 rings (SSSR count). The summed E-state index contributed by atoms with van der Waals surface area (Å²) in [5, 5.41) is 9.48. The van der Waals surface area contributed by atoms with Crippen LogP contribution in [0.4, 0.5) is 0 Å². The van der Waals surface area contributed by atoms with Gasteiger partial charge in [0, 0.05) is 12.6 Å². The van der Waals surface area contributed by atoms with Gasteiger partial charge >= 0.3 is 5.97 Å². The van der Waals surface area contributed by atoms with Gasteiger partial charge in [-0.2, -0.15) is 0 Å². The molecule has 3 fully saturated rings. The van der Waals surface area contributed by atoms with E-state index in [1.165, 1.54) is 25.7 Å². The minimum Gasteiger partial charge on any atom is -0.481 e. The largest absolute Gasteiger partial charge is 0.481 e. The van der Waals surface area contributed by atoms with Crippen molar-refractivity contribution in [2.24, 2.45) is 5.41 Å². The highest BCUT2D eigenvalue weighted by Gasteiger charge is 2.46. The summed E-state index contributed by atoms with van der Waals surface area (Å²) >= 11 is 0. The lowest BCUT2D eigenvalue weighted by molar-refractivity contribution is -0.160. The Kier molecular flexibility index (Phi) is 3.80. The highest BCUT2D eigenvalue weighted by molar-refractivity contribution is 5.74. The Morgan fingerprint density at radius 3 is 2.50 bits per heavy atom. The molecule has 0 aromatic heterocycles. The molecule has 0 bridgehead atoms. The third kappa shape index (κ3) is 2.37. The van der Waals surface area contributed by atoms with Crippen molar-refractivity contribution in [1.29, 1.82) is 0 Å². The van der Waals surface area contributed by atoms with Crippen LogP contribution in [0.1, 0.15) is 58.3 Å². The van der Waals surface area contributed by atoms with Gasteiger partial charge in [-0.1, -0.05) is 6.92 Å². The third-order valence-corrected chi connectivity index (χ3v) is 6.13. The molecule has 3 aliphatic rings. The van der Waals surface area contributed by atoms with E-state index in [2.05, 4.69) is 4.90 Å². The Morgan fingerprint density at radius 1 is 1.30 bits per heavy atom. The lowest BCUT2D eigenvalue weighted by Gasteiger charge is -2.51. The lowest BCUT2D eigenvalue weighted by Crippen LogP contribution is -2.55. The van der Waals surface area contributed by atoms with Gasteiger partial charge in [0.1, 0.15) is 0 Å². The van der Waals surface area contributed by atoms with E-state index in [-0.39, 0.29) is 5.60 Å². The Morgan fingerprint density at radius 2 is 2.00 bits per heavy atom. The monoisotopic (exact) mass is 281 g/mol. The molecule has 2 aliphatic heterocycles. The zero-order chi connectivity index (χ0) is 14.2. The fourth-order valence-electron chi connectivity index (χ4n) is 4.27. The number of hydrogen-bond acceptors (Lipinski definition) is 3. The minimum atomic E-state index is -0.595. The second-order valence-electron chi connectivity index (χ2n) is 7.01. The average Bonchev–Trinajstić information content (AvgIpc) is 2.45. The number of nitrogens with zero attached hydrogens (tertiary/aromatic N) is 1. The van der Waals surface area contributed by atoms with Gasteiger partial charge in [0.25, 0.3) is 0 Å². The van der Waals surface area contributed by atoms with E-state index in [1.807, 2.05) is 6.92 Å². The maximum Gasteiger partial charge on any atom is 0.309 e. The number of ether oxygens (including phenoxy) is 1. The maximum atomic E-state index is 11.5. The average molecular weight is 281 g/mol. The van der Waals surface area contributed by atoms with E-state index >= 15 is 0 Å². The minimum absolute atomic E-state index is 0.189. The Balaban J connectivity index is 1.59. The number of aliphatic carboxylic acids is 1. The summed E-state index contributed by atoms with van der Waals surface area (Å²) in [4.78, 5) is 14.1. The quantitative estimate of drug-likeness (QED) is 0.864. The molecule has 114 valence electrons. The molecule has 1 aliphatic carbocycles. The van der Waals surface area contributed by atoms with Crippen LogP contribution in [0.2, 0.25) is 0 Å². The molecule has 0 amide bonds. The van der Waals surface area contributed by atoms with Gasteiger partial charge in [0.15, 0.2) is 0 Å². The SMILES string of the molecule is CCC1(C(=O)O)CCN(C2CCOC3(CCC3)C2)CC1. The fraction of sp³-hybridized carbons (Fsp3) is 0.938. The van der Waals surface area contributed by atoms with Crippen LogP contribution in [-0.4, -0.2) is 47.3 Å². The molecule has 0 radical (unpaired) electrons. The van der Waals surface area contributed by atoms with Crippen LogP contribution in [0.15, 0.2) is 0 Å². The standard InChI is InChI=1S/C16H27NO3/c1-2-15(14(18)19)7-9-17(10-8-15)13-4-11-20-16(12-13)5-3-6-16/h13H,2-12H2,1H3,(H,18,19). The first-order chi connectivity index (χ1) is 9.59. The first kappa shape index (κ1) is 14.3. The van der Waals surface area contributed by atoms with Crippen molar-refractivity contribution in [2.75, 3.05) is 19.7 Å². The third-order valence-electron chi connectivity index (χ3n) is 6.13. The van der Waals surface area contributed by atoms with Crippen molar-refractivity contribution in [3.8, 4) is 0 Å². The van der Waals surface area contributed by atoms with Gasteiger partial charge in [-0.05, 0) is 64.5 Å². The Hall–Kier alpha value is -0.610. The molecular weight excluding hydrogens is 254 g/mol. The molecule has 4 nitrogen and oxygen atoms in total. The molecule has 1 N–H and O–H groups in total. The molecular formula is C16H27NO3. The first-order valence-electron chi connectivity index (χ1n) is 8.21. The fourth-order valence-corrected chi connectivity index (χ4v) is 4.27. The van der Waals surface area contributed by atoms with Crippen LogP contribution in [-0.2, 0) is 9.53 Å². The lowest BCUT2D eigenvalue weighted by atomic mass is 9.72. The van der Waals surface area contributed by atoms with Gasteiger partial charge in [-0.15, -0.1) is 0 Å². The van der Waals surface area contributed by atoms with Crippen molar-refractivity contribution in [2.45, 2.75) is 69.9 Å². The number of piperidine rings is 1. The molecule has 4 heteroatoms. The second kappa shape index (κ2) is 5.30. The predicted octanol–water partition coefficient (Wildman–Crippen LogP) is 2.66. The van der Waals surface area contributed by atoms with Crippen LogP contribution in [0, 0.1) is 5.41 Å². The predicted molar refractivity (Wildman–Crippen MR) is 76.7 cm³/mol. The number of rotatable bonds is 3. The summed E-state index contributed by atoms with van der Waals surface area (Å²) in [6.45, 7) is 4.79. The number of likely N-dealkylation sites (tertiary alicyclic amines) is 1. The van der Waals surface area contributed by atoms with Crippen molar-refractivity contribution >= 4 is 5.97 Å². The summed E-state index contributed by atoms with van der Waals surface area (Å²) in [5.41, 5.74) is -0.273. The van der Waals surface area contributed by atoms with Crippen LogP contribution in [0.3, 0.4) is 0 Å². The highest BCUT2D eigenvalue weighted by atomic mass is 16.5. The van der Waals surface area contributed by atoms with E-state index in [4.69, 9.17) is 4.74 Å². The van der Waals surface area contributed by atoms with Crippen molar-refractivity contribution < 1.29 is 14.6 Å². The molecule has 1 atom stereocenters. The summed E-state index contributed by atoms with van der Waals surface area (Å²) < 4.78 is 6.00. The van der Waals surface area contributed by atoms with Gasteiger partial charge in [-0.25, -0.2) is 0 Å². The first-order valence-corrected chi connectivity index (χ1v) is 8.21. The van der Waals surface area contributed by atoms with Crippen LogP contribution < -0.4 is 0 Å². The molecule has 1 spiro atoms. The molecule has 20 heavy (non-hydrogen) atoms. The van der Waals surface area contributed by atoms with Crippen molar-refractivity contribution in [3.05, 3.63) is 0 Å². The van der Waals surface area contributed by atoms with Crippen LogP contribution in [0.5, 0.6) is 0 Å². The second-order valence-corrected chi connectivity index (χ2v) is 7.01. The molecule has 2 heterocycles. The highest BCUT2D eigenvalue weighted by Crippen LogP contribution is 2.44. The summed E-state index contributed by atoms with van der Waals surface area (Å²) in [5.74, 6) is -0.595. The maximum absolute atomic E-state index is 11.5. The van der Waals surface area contributed by atoms with Crippen molar-refractivity contribution in [1.82, 2.24) is 4.90 Å². The van der Waals surface area contributed by atoms with Crippen molar-refractivity contribution in [3.63, 3.8) is 0 Å². The van der Waals surface area contributed by atoms with E-state index in [0.717, 1.165) is 45.4 Å². The van der Waals surface area contributed by atoms with Crippen LogP contribution in [0.25, 0.3) is 0 Å². The smallest absolute Gasteiger partial charge is 0.309 e. The number of carbonyl (C=O) groups is 1. The number of hydrogen-bond donors (Lipinski definition) is 1. The van der Waals surface area contributed by atoms with E-state index < -0.39 is 11.4 Å². The van der Waals surface area contributed by atoms with Gasteiger partial charge in [-0.3, -0.25) is 4.79 Å². The normalized spacial score (nSPS) is 32.8. The van der Waals surface area contributed by atoms with Crippen LogP contribution >= 0.6 is 0 Å². The molecule has 1 unspecified atom stereocenters. The topological polar surface area (TPSA) is 49.8 Å². The molecule has 1 saturated carbocycles. The zero-order valence-corrected chi connectivity index (χ0v) is 12.6. The molecule has 0 aromatic carbocycles. The summed E-state index contributed by atoms with van der Waals surface area (Å²) in [7, 11) is 0. The van der Waals surface area contributed by atoms with Gasteiger partial charge < -0.3 is 14.7 Å². The Bertz CT molecular complexity index is 370. The van der Waals surface area contributed by atoms with Gasteiger partial charge in [0.05, 0.1) is 11.0 Å². The Labute approximate surface area is 121 Å². The number of carboxylic acids is 1. The van der Waals surface area contributed by atoms with E-state index in [0.29, 0.717) is 6.04 Å². The summed E-state index contributed by atoms with van der Waals surface area (Å²) in [6, 6.07) is 0.618. The summed E-state index contributed by atoms with van der Waals surface area (Å²) in [6.07, 6.45) is 8.43. The number of carboxylic acid groups (broad SMARTS) is 1. The van der Waals surface area contributed by atoms with E-state index in [9.17, 15) is 9.90 Å².